The van der Waals surface area contributed by atoms with Crippen molar-refractivity contribution in [2.75, 3.05) is 13.1 Å². The normalized spacial score (nSPS) is 24.5. The standard InChI is InChI=1S/C46H52N8O12/c1-42(2,3)28-14-12-27(13-15-28)30(33-9-7-19-52(33)46(37(48)56,39(58)66-41(50)60)44(5)24-26-11-17-32(44)35(21-26)54(63)64)22-29-8-6-18-51(29)45(36(47)55,38(57)65-40(49)59)43(4)23-25-10-16-31(43)34(20-25)53(61)62/h10-17,20-22,29,33H,6-9,18-19,23-24H2,1-5H3,(H2,47,55)(H2,48,56)(H2,49,59)(H2,50,60)/t29?,33?,43?,44?,45-,46-/m0/s1. The maximum absolute atomic E-state index is 14.8. The van der Waals surface area contributed by atoms with E-state index in [0.717, 1.165) is 5.56 Å². The summed E-state index contributed by atoms with van der Waals surface area (Å²) in [5.74, 6) is -5.44. The number of fused-ring (bicyclic) bond motifs is 6. The second kappa shape index (κ2) is 16.4. The number of nitro benzene ring substituents is 2. The maximum Gasteiger partial charge on any atom is 0.412 e. The Morgan fingerprint density at radius 3 is 1.53 bits per heavy atom. The Labute approximate surface area is 378 Å². The second-order valence-corrected chi connectivity index (χ2v) is 19.0. The van der Waals surface area contributed by atoms with Crippen LogP contribution in [-0.4, -0.2) is 91.8 Å². The quantitative estimate of drug-likeness (QED) is 0.0820. The van der Waals surface area contributed by atoms with E-state index >= 15 is 0 Å². The molecule has 20 nitrogen and oxygen atoms in total. The number of nitrogens with zero attached hydrogens (tertiary/aromatic N) is 4. The summed E-state index contributed by atoms with van der Waals surface area (Å²) in [6, 6.07) is 14.3. The van der Waals surface area contributed by atoms with Crippen LogP contribution in [0.2, 0.25) is 0 Å². The molecular weight excluding hydrogens is 857 g/mol. The van der Waals surface area contributed by atoms with Gasteiger partial charge < -0.3 is 32.4 Å². The van der Waals surface area contributed by atoms with Gasteiger partial charge in [-0.05, 0) is 71.8 Å². The molecule has 0 spiro atoms. The van der Waals surface area contributed by atoms with Crippen LogP contribution in [0.5, 0.6) is 0 Å². The highest BCUT2D eigenvalue weighted by atomic mass is 16.6. The van der Waals surface area contributed by atoms with Crippen LogP contribution in [0, 0.1) is 20.2 Å². The summed E-state index contributed by atoms with van der Waals surface area (Å²) in [6.45, 7) is 8.97. The molecule has 20 heteroatoms. The van der Waals surface area contributed by atoms with Crippen LogP contribution in [0.3, 0.4) is 0 Å². The lowest BCUT2D eigenvalue weighted by Gasteiger charge is -2.53. The van der Waals surface area contributed by atoms with Gasteiger partial charge in [-0.1, -0.05) is 89.2 Å². The van der Waals surface area contributed by atoms with E-state index in [1.807, 2.05) is 45.0 Å². The van der Waals surface area contributed by atoms with Crippen molar-refractivity contribution in [3.63, 3.8) is 0 Å². The van der Waals surface area contributed by atoms with Gasteiger partial charge in [0.05, 0.1) is 9.85 Å². The third-order valence-corrected chi connectivity index (χ3v) is 14.3. The van der Waals surface area contributed by atoms with Crippen LogP contribution in [0.4, 0.5) is 21.0 Å². The van der Waals surface area contributed by atoms with Gasteiger partial charge in [0.1, 0.15) is 0 Å². The van der Waals surface area contributed by atoms with E-state index in [9.17, 15) is 49.0 Å². The molecule has 348 valence electrons. The molecule has 0 saturated carbocycles. The van der Waals surface area contributed by atoms with Gasteiger partial charge in [0.25, 0.3) is 23.2 Å². The number of carbonyl (C=O) groups is 6. The number of nitro groups is 2. The fraction of sp³-hybridized carbons (Fsp3) is 0.435. The smallest absolute Gasteiger partial charge is 0.375 e. The van der Waals surface area contributed by atoms with Crippen molar-refractivity contribution in [3.05, 3.63) is 120 Å². The van der Waals surface area contributed by atoms with E-state index in [2.05, 4.69) is 0 Å². The average Bonchev–Trinajstić information content (AvgIpc) is 3.89. The van der Waals surface area contributed by atoms with Crippen molar-refractivity contribution in [1.82, 2.24) is 9.80 Å². The van der Waals surface area contributed by atoms with Crippen molar-refractivity contribution in [1.29, 1.82) is 0 Å². The van der Waals surface area contributed by atoms with Crippen molar-refractivity contribution >= 4 is 52.9 Å². The largest absolute Gasteiger partial charge is 0.412 e. The van der Waals surface area contributed by atoms with Crippen molar-refractivity contribution in [2.24, 2.45) is 22.9 Å². The fourth-order valence-corrected chi connectivity index (χ4v) is 11.6. The molecule has 4 aliphatic carbocycles. The highest BCUT2D eigenvalue weighted by Crippen LogP contribution is 2.55. The Morgan fingerprint density at radius 1 is 0.682 bits per heavy atom. The summed E-state index contributed by atoms with van der Waals surface area (Å²) in [7, 11) is 0. The van der Waals surface area contributed by atoms with Crippen LogP contribution in [-0.2, 0) is 57.7 Å². The van der Waals surface area contributed by atoms with Gasteiger partial charge in [0, 0.05) is 59.3 Å². The van der Waals surface area contributed by atoms with Gasteiger partial charge in [-0.3, -0.25) is 39.6 Å². The number of esters is 2. The molecule has 2 heterocycles. The van der Waals surface area contributed by atoms with Crippen LogP contribution >= 0.6 is 0 Å². The lowest BCUT2D eigenvalue weighted by molar-refractivity contribution is -0.386. The molecule has 2 saturated heterocycles. The SMILES string of the molecule is CC(C)(C)c1ccc(C(=CC2CCCN2[C@@](C(N)=O)(C(=O)OC(N)=O)C2(C)Cc3ccc2c([N+](=O)[O-])c3)C2CCCN2[C@@](C(N)=O)(C(=O)OC(N)=O)C2(C)Cc3ccc2c([N+](=O)[O-])c3)cc1. The number of hydrogen-bond donors (Lipinski definition) is 4. The molecule has 2 fully saturated rings. The van der Waals surface area contributed by atoms with Gasteiger partial charge in [0.2, 0.25) is 11.1 Å². The third kappa shape index (κ3) is 7.05. The molecule has 4 bridgehead atoms. The van der Waals surface area contributed by atoms with Gasteiger partial charge in [-0.25, -0.2) is 19.2 Å². The van der Waals surface area contributed by atoms with Gasteiger partial charge >= 0.3 is 24.1 Å². The second-order valence-electron chi connectivity index (χ2n) is 19.0. The molecule has 66 heavy (non-hydrogen) atoms. The van der Waals surface area contributed by atoms with E-state index < -0.39 is 79.8 Å². The summed E-state index contributed by atoms with van der Waals surface area (Å²) in [4.78, 5) is 110. The number of primary amides is 4. The van der Waals surface area contributed by atoms with Crippen molar-refractivity contribution < 1.29 is 48.1 Å². The Balaban J connectivity index is 1.49. The first-order valence-electron chi connectivity index (χ1n) is 21.4. The lowest BCUT2D eigenvalue weighted by Crippen LogP contribution is -2.75. The van der Waals surface area contributed by atoms with E-state index in [-0.39, 0.29) is 66.7 Å². The summed E-state index contributed by atoms with van der Waals surface area (Å²) < 4.78 is 10.2. The zero-order valence-electron chi connectivity index (χ0n) is 37.2. The van der Waals surface area contributed by atoms with Gasteiger partial charge in [-0.15, -0.1) is 0 Å². The highest BCUT2D eigenvalue weighted by Gasteiger charge is 2.70. The minimum Gasteiger partial charge on any atom is -0.375 e. The summed E-state index contributed by atoms with van der Waals surface area (Å²) >= 11 is 0. The zero-order valence-corrected chi connectivity index (χ0v) is 37.2. The van der Waals surface area contributed by atoms with Crippen molar-refractivity contribution in [3.8, 4) is 0 Å². The Morgan fingerprint density at radius 2 is 1.12 bits per heavy atom. The third-order valence-electron chi connectivity index (χ3n) is 14.3. The van der Waals surface area contributed by atoms with E-state index in [4.69, 9.17) is 32.4 Å². The highest BCUT2D eigenvalue weighted by molar-refractivity contribution is 6.12. The first-order chi connectivity index (χ1) is 30.9. The molecule has 3 aromatic carbocycles. The molecule has 0 aromatic heterocycles. The van der Waals surface area contributed by atoms with E-state index in [0.29, 0.717) is 35.1 Å². The minimum atomic E-state index is -2.63. The topological polar surface area (TPSA) is 318 Å². The molecule has 8 N–H and O–H groups in total. The molecule has 6 atom stereocenters. The summed E-state index contributed by atoms with van der Waals surface area (Å²) in [5, 5.41) is 25.0. The number of carbonyl (C=O) groups excluding carboxylic acids is 6. The minimum absolute atomic E-state index is 0.0147. The first-order valence-corrected chi connectivity index (χ1v) is 21.4. The zero-order chi connectivity index (χ0) is 48.5. The van der Waals surface area contributed by atoms with Crippen molar-refractivity contribution in [2.45, 2.75) is 113 Å². The number of rotatable bonds is 13. The molecule has 3 aromatic rings. The van der Waals surface area contributed by atoms with Crippen LogP contribution in [0.15, 0.2) is 66.7 Å². The summed E-state index contributed by atoms with van der Waals surface area (Å²) in [6.07, 6.45) is -0.433. The first kappa shape index (κ1) is 46.9. The molecule has 4 amide bonds. The Hall–Kier alpha value is -7.06. The van der Waals surface area contributed by atoms with Crippen LogP contribution in [0.25, 0.3) is 5.57 Å². The predicted molar refractivity (Wildman–Crippen MR) is 236 cm³/mol. The molecule has 6 aliphatic rings. The maximum atomic E-state index is 14.8. The number of hydrogen-bond acceptors (Lipinski definition) is 14. The Kier molecular flexibility index (Phi) is 11.7. The Bertz CT molecular complexity index is 2640. The lowest BCUT2D eigenvalue weighted by atomic mass is 9.58. The molecule has 0 radical (unpaired) electrons. The molecular formula is C46H52N8O12. The van der Waals surface area contributed by atoms with Crippen LogP contribution in [0.1, 0.15) is 93.7 Å². The van der Waals surface area contributed by atoms with Gasteiger partial charge in [0.15, 0.2) is 0 Å². The number of ether oxygens (including phenoxy) is 2. The molecule has 2 aliphatic heterocycles. The monoisotopic (exact) mass is 908 g/mol. The van der Waals surface area contributed by atoms with E-state index in [1.54, 1.807) is 18.2 Å². The number of likely N-dealkylation sites (tertiary alicyclic amines) is 2. The molecule has 9 rings (SSSR count). The number of nitrogens with two attached hydrogens (primary N) is 4. The molecule has 4 unspecified atom stereocenters. The van der Waals surface area contributed by atoms with Crippen LogP contribution < -0.4 is 22.9 Å². The average molecular weight is 909 g/mol. The summed E-state index contributed by atoms with van der Waals surface area (Å²) in [5.41, 5.74) is 16.3. The number of benzene rings is 3. The predicted octanol–water partition coefficient (Wildman–Crippen LogP) is 3.83. The fourth-order valence-electron chi connectivity index (χ4n) is 11.6. The van der Waals surface area contributed by atoms with E-state index in [1.165, 1.54) is 47.9 Å². The number of amides is 4. The van der Waals surface area contributed by atoms with Gasteiger partial charge in [-0.2, -0.15) is 0 Å².